The predicted molar refractivity (Wildman–Crippen MR) is 58.6 cm³/mol. The van der Waals surface area contributed by atoms with Crippen molar-refractivity contribution in [2.75, 3.05) is 6.61 Å². The molecule has 0 fully saturated rings. The fourth-order valence-electron chi connectivity index (χ4n) is 1.99. The predicted octanol–water partition coefficient (Wildman–Crippen LogP) is 2.16. The van der Waals surface area contributed by atoms with E-state index in [2.05, 4.69) is 26.1 Å². The van der Waals surface area contributed by atoms with Gasteiger partial charge in [0.25, 0.3) is 0 Å². The van der Waals surface area contributed by atoms with E-state index >= 15 is 0 Å². The topological polar surface area (TPSA) is 55.0 Å². The Kier molecular flexibility index (Phi) is 3.09. The lowest BCUT2D eigenvalue weighted by atomic mass is 9.88. The van der Waals surface area contributed by atoms with Gasteiger partial charge in [-0.2, -0.15) is 5.10 Å². The first-order valence-corrected chi connectivity index (χ1v) is 5.92. The zero-order valence-corrected chi connectivity index (χ0v) is 10.1. The largest absolute Gasteiger partial charge is 0.465 e. The second-order valence-electron chi connectivity index (χ2n) is 3.60. The molecule has 1 aromatic rings. The van der Waals surface area contributed by atoms with Crippen LogP contribution in [0.5, 0.6) is 0 Å². The molecule has 0 bridgehead atoms. The number of H-pyrrole nitrogens is 1. The van der Waals surface area contributed by atoms with E-state index in [0.29, 0.717) is 6.61 Å². The molecule has 0 aromatic carbocycles. The van der Waals surface area contributed by atoms with Crippen LogP contribution in [0.15, 0.2) is 4.60 Å². The van der Waals surface area contributed by atoms with Gasteiger partial charge in [0.15, 0.2) is 0 Å². The van der Waals surface area contributed by atoms with Gasteiger partial charge in [-0.3, -0.25) is 9.89 Å². The minimum Gasteiger partial charge on any atom is -0.465 e. The molecule has 0 aliphatic heterocycles. The molecule has 0 saturated heterocycles. The number of nitrogens with zero attached hydrogens (tertiary/aromatic N) is 1. The number of rotatable bonds is 2. The summed E-state index contributed by atoms with van der Waals surface area (Å²) in [5.41, 5.74) is 2.05. The average molecular weight is 273 g/mol. The first-order chi connectivity index (χ1) is 7.24. The SMILES string of the molecule is CCOC(=O)C1CCCc2c(Br)n[nH]c21. The highest BCUT2D eigenvalue weighted by Gasteiger charge is 2.30. The van der Waals surface area contributed by atoms with Gasteiger partial charge >= 0.3 is 5.97 Å². The third kappa shape index (κ3) is 1.93. The maximum absolute atomic E-state index is 11.7. The van der Waals surface area contributed by atoms with Crippen molar-refractivity contribution < 1.29 is 9.53 Å². The number of aromatic nitrogens is 2. The number of hydrogen-bond donors (Lipinski definition) is 1. The summed E-state index contributed by atoms with van der Waals surface area (Å²) in [6, 6.07) is 0. The molecular weight excluding hydrogens is 260 g/mol. The zero-order valence-electron chi connectivity index (χ0n) is 8.55. The number of ether oxygens (including phenoxy) is 1. The van der Waals surface area contributed by atoms with E-state index in [0.717, 1.165) is 35.1 Å². The van der Waals surface area contributed by atoms with Crippen molar-refractivity contribution in [3.05, 3.63) is 15.9 Å². The van der Waals surface area contributed by atoms with E-state index in [1.54, 1.807) is 0 Å². The highest BCUT2D eigenvalue weighted by atomic mass is 79.9. The van der Waals surface area contributed by atoms with E-state index < -0.39 is 0 Å². The molecule has 15 heavy (non-hydrogen) atoms. The highest BCUT2D eigenvalue weighted by Crippen LogP contribution is 2.34. The molecule has 0 saturated carbocycles. The molecule has 1 aliphatic rings. The Morgan fingerprint density at radius 1 is 1.73 bits per heavy atom. The summed E-state index contributed by atoms with van der Waals surface area (Å²) in [6.07, 6.45) is 2.83. The average Bonchev–Trinajstić information content (AvgIpc) is 2.61. The van der Waals surface area contributed by atoms with Crippen LogP contribution < -0.4 is 0 Å². The lowest BCUT2D eigenvalue weighted by Crippen LogP contribution is -2.20. The normalized spacial score (nSPS) is 19.7. The van der Waals surface area contributed by atoms with Gasteiger partial charge in [0.05, 0.1) is 18.2 Å². The second kappa shape index (κ2) is 4.35. The molecule has 82 valence electrons. The van der Waals surface area contributed by atoms with Crippen molar-refractivity contribution in [2.24, 2.45) is 0 Å². The molecule has 5 heteroatoms. The Bertz CT molecular complexity index is 375. The fourth-order valence-corrected chi connectivity index (χ4v) is 2.49. The number of nitrogens with one attached hydrogen (secondary N) is 1. The van der Waals surface area contributed by atoms with Crippen molar-refractivity contribution in [3.63, 3.8) is 0 Å². The summed E-state index contributed by atoms with van der Waals surface area (Å²) in [5.74, 6) is -0.304. The molecule has 1 atom stereocenters. The number of esters is 1. The number of carbonyl (C=O) groups is 1. The Morgan fingerprint density at radius 2 is 2.53 bits per heavy atom. The molecule has 1 heterocycles. The fraction of sp³-hybridized carbons (Fsp3) is 0.600. The van der Waals surface area contributed by atoms with E-state index in [1.165, 1.54) is 0 Å². The van der Waals surface area contributed by atoms with Crippen molar-refractivity contribution in [1.29, 1.82) is 0 Å². The molecule has 1 unspecified atom stereocenters. The van der Waals surface area contributed by atoms with Crippen LogP contribution in [-0.2, 0) is 16.0 Å². The lowest BCUT2D eigenvalue weighted by Gasteiger charge is -2.19. The maximum atomic E-state index is 11.7. The van der Waals surface area contributed by atoms with Gasteiger partial charge in [0.2, 0.25) is 0 Å². The summed E-state index contributed by atoms with van der Waals surface area (Å²) in [7, 11) is 0. The van der Waals surface area contributed by atoms with E-state index in [9.17, 15) is 4.79 Å². The van der Waals surface area contributed by atoms with Crippen LogP contribution in [0.25, 0.3) is 0 Å². The number of aromatic amines is 1. The van der Waals surface area contributed by atoms with Gasteiger partial charge in [-0.25, -0.2) is 0 Å². The Morgan fingerprint density at radius 3 is 3.27 bits per heavy atom. The summed E-state index contributed by atoms with van der Waals surface area (Å²) < 4.78 is 5.87. The van der Waals surface area contributed by atoms with Crippen LogP contribution in [0, 0.1) is 0 Å². The Hall–Kier alpha value is -0.840. The van der Waals surface area contributed by atoms with Gasteiger partial charge in [-0.1, -0.05) is 0 Å². The number of hydrogen-bond acceptors (Lipinski definition) is 3. The minimum atomic E-state index is -0.160. The molecular formula is C10H13BrN2O2. The van der Waals surface area contributed by atoms with Crippen LogP contribution >= 0.6 is 15.9 Å². The summed E-state index contributed by atoms with van der Waals surface area (Å²) in [6.45, 7) is 2.25. The first-order valence-electron chi connectivity index (χ1n) is 5.13. The van der Waals surface area contributed by atoms with Gasteiger partial charge < -0.3 is 4.74 Å². The van der Waals surface area contributed by atoms with Crippen LogP contribution in [0.2, 0.25) is 0 Å². The second-order valence-corrected chi connectivity index (χ2v) is 4.35. The molecule has 1 N–H and O–H groups in total. The molecule has 1 aliphatic carbocycles. The standard InChI is InChI=1S/C10H13BrN2O2/c1-2-15-10(14)7-5-3-4-6-8(7)12-13-9(6)11/h7H,2-5H2,1H3,(H,12,13). The number of halogens is 1. The quantitative estimate of drug-likeness (QED) is 0.840. The van der Waals surface area contributed by atoms with E-state index in [4.69, 9.17) is 4.74 Å². The Labute approximate surface area is 96.5 Å². The smallest absolute Gasteiger partial charge is 0.314 e. The third-order valence-electron chi connectivity index (χ3n) is 2.69. The van der Waals surface area contributed by atoms with Gasteiger partial charge in [-0.15, -0.1) is 0 Å². The number of fused-ring (bicyclic) bond motifs is 1. The molecule has 1 aromatic heterocycles. The minimum absolute atomic E-state index is 0.144. The van der Waals surface area contributed by atoms with Gasteiger partial charge in [0, 0.05) is 5.56 Å². The van der Waals surface area contributed by atoms with Crippen molar-refractivity contribution in [1.82, 2.24) is 10.2 Å². The molecule has 2 rings (SSSR count). The van der Waals surface area contributed by atoms with Crippen LogP contribution in [0.1, 0.15) is 36.9 Å². The van der Waals surface area contributed by atoms with Crippen molar-refractivity contribution in [2.45, 2.75) is 32.1 Å². The monoisotopic (exact) mass is 272 g/mol. The maximum Gasteiger partial charge on any atom is 0.314 e. The summed E-state index contributed by atoms with van der Waals surface area (Å²) in [4.78, 5) is 11.7. The third-order valence-corrected chi connectivity index (χ3v) is 3.34. The van der Waals surface area contributed by atoms with Crippen molar-refractivity contribution in [3.8, 4) is 0 Å². The van der Waals surface area contributed by atoms with Crippen LogP contribution in [0.4, 0.5) is 0 Å². The molecule has 0 spiro atoms. The summed E-state index contributed by atoms with van der Waals surface area (Å²) >= 11 is 3.37. The van der Waals surface area contributed by atoms with Crippen LogP contribution in [-0.4, -0.2) is 22.8 Å². The highest BCUT2D eigenvalue weighted by molar-refractivity contribution is 9.10. The lowest BCUT2D eigenvalue weighted by molar-refractivity contribution is -0.145. The van der Waals surface area contributed by atoms with Gasteiger partial charge in [-0.05, 0) is 42.1 Å². The number of carbonyl (C=O) groups excluding carboxylic acids is 1. The molecule has 0 amide bonds. The zero-order chi connectivity index (χ0) is 10.8. The summed E-state index contributed by atoms with van der Waals surface area (Å²) in [5, 5.41) is 6.99. The molecule has 0 radical (unpaired) electrons. The van der Waals surface area contributed by atoms with E-state index in [-0.39, 0.29) is 11.9 Å². The van der Waals surface area contributed by atoms with Crippen LogP contribution in [0.3, 0.4) is 0 Å². The Balaban J connectivity index is 2.26. The van der Waals surface area contributed by atoms with Gasteiger partial charge in [0.1, 0.15) is 4.60 Å². The molecule has 4 nitrogen and oxygen atoms in total. The van der Waals surface area contributed by atoms with E-state index in [1.807, 2.05) is 6.92 Å². The first kappa shape index (κ1) is 10.7. The van der Waals surface area contributed by atoms with Crippen molar-refractivity contribution >= 4 is 21.9 Å².